The molecule has 0 spiro atoms. The Hall–Kier alpha value is -2.69. The molecule has 126 valence electrons. The van der Waals surface area contributed by atoms with Crippen molar-refractivity contribution in [1.29, 1.82) is 0 Å². The van der Waals surface area contributed by atoms with Gasteiger partial charge in [0.2, 0.25) is 5.91 Å². The van der Waals surface area contributed by atoms with Gasteiger partial charge in [0.1, 0.15) is 0 Å². The normalized spacial score (nSPS) is 10.3. The SMILES string of the molecule is CC(=O)N(CCNC(=O)c1ccc(C)c(C)c1)Cc1ccccn1. The molecule has 1 aromatic heterocycles. The Balaban J connectivity index is 1.89. The van der Waals surface area contributed by atoms with Crippen molar-refractivity contribution in [3.63, 3.8) is 0 Å². The van der Waals surface area contributed by atoms with Crippen LogP contribution in [-0.4, -0.2) is 34.8 Å². The highest BCUT2D eigenvalue weighted by atomic mass is 16.2. The van der Waals surface area contributed by atoms with E-state index in [-0.39, 0.29) is 11.8 Å². The van der Waals surface area contributed by atoms with Gasteiger partial charge in [0.15, 0.2) is 0 Å². The summed E-state index contributed by atoms with van der Waals surface area (Å²) >= 11 is 0. The van der Waals surface area contributed by atoms with Crippen molar-refractivity contribution in [3.8, 4) is 0 Å². The molecule has 5 heteroatoms. The fourth-order valence-corrected chi connectivity index (χ4v) is 2.32. The summed E-state index contributed by atoms with van der Waals surface area (Å²) in [6.07, 6.45) is 1.70. The van der Waals surface area contributed by atoms with E-state index in [1.165, 1.54) is 6.92 Å². The third-order valence-electron chi connectivity index (χ3n) is 3.96. The van der Waals surface area contributed by atoms with E-state index in [0.29, 0.717) is 25.2 Å². The Morgan fingerprint density at radius 1 is 1.12 bits per heavy atom. The number of carbonyl (C=O) groups excluding carboxylic acids is 2. The molecule has 2 amide bonds. The molecule has 0 bridgehead atoms. The standard InChI is InChI=1S/C19H23N3O2/c1-14-7-8-17(12-15(14)2)19(24)21-10-11-22(16(3)23)13-18-6-4-5-9-20-18/h4-9,12H,10-11,13H2,1-3H3,(H,21,24). The maximum Gasteiger partial charge on any atom is 0.251 e. The molecule has 0 saturated heterocycles. The second-order valence-corrected chi connectivity index (χ2v) is 5.82. The number of pyridine rings is 1. The summed E-state index contributed by atoms with van der Waals surface area (Å²) < 4.78 is 0. The monoisotopic (exact) mass is 325 g/mol. The van der Waals surface area contributed by atoms with Gasteiger partial charge in [-0.1, -0.05) is 12.1 Å². The smallest absolute Gasteiger partial charge is 0.251 e. The van der Waals surface area contributed by atoms with E-state index in [1.807, 2.05) is 50.2 Å². The first-order chi connectivity index (χ1) is 11.5. The zero-order valence-corrected chi connectivity index (χ0v) is 14.4. The average Bonchev–Trinajstić information content (AvgIpc) is 2.57. The highest BCUT2D eigenvalue weighted by Gasteiger charge is 2.11. The lowest BCUT2D eigenvalue weighted by Gasteiger charge is -2.21. The van der Waals surface area contributed by atoms with Gasteiger partial charge < -0.3 is 10.2 Å². The summed E-state index contributed by atoms with van der Waals surface area (Å²) in [4.78, 5) is 29.9. The molecule has 1 N–H and O–H groups in total. The summed E-state index contributed by atoms with van der Waals surface area (Å²) in [7, 11) is 0. The fourth-order valence-electron chi connectivity index (χ4n) is 2.32. The molecule has 0 aliphatic rings. The quantitative estimate of drug-likeness (QED) is 0.887. The number of nitrogens with one attached hydrogen (secondary N) is 1. The van der Waals surface area contributed by atoms with E-state index >= 15 is 0 Å². The van der Waals surface area contributed by atoms with Crippen LogP contribution in [0.2, 0.25) is 0 Å². The van der Waals surface area contributed by atoms with Crippen LogP contribution in [-0.2, 0) is 11.3 Å². The summed E-state index contributed by atoms with van der Waals surface area (Å²) in [5.41, 5.74) is 3.71. The number of rotatable bonds is 6. The number of nitrogens with zero attached hydrogens (tertiary/aromatic N) is 2. The molecule has 1 aromatic carbocycles. The highest BCUT2D eigenvalue weighted by molar-refractivity contribution is 5.94. The van der Waals surface area contributed by atoms with Crippen molar-refractivity contribution in [3.05, 3.63) is 65.0 Å². The molecule has 1 heterocycles. The molecule has 2 aromatic rings. The lowest BCUT2D eigenvalue weighted by atomic mass is 10.1. The van der Waals surface area contributed by atoms with E-state index in [9.17, 15) is 9.59 Å². The van der Waals surface area contributed by atoms with Crippen molar-refractivity contribution in [2.75, 3.05) is 13.1 Å². The van der Waals surface area contributed by atoms with Gasteiger partial charge >= 0.3 is 0 Å². The molecule has 0 aliphatic heterocycles. The molecule has 0 radical (unpaired) electrons. The zero-order valence-electron chi connectivity index (χ0n) is 14.4. The maximum absolute atomic E-state index is 12.2. The predicted molar refractivity (Wildman–Crippen MR) is 93.6 cm³/mol. The van der Waals surface area contributed by atoms with Crippen molar-refractivity contribution in [1.82, 2.24) is 15.2 Å². The highest BCUT2D eigenvalue weighted by Crippen LogP contribution is 2.09. The molecule has 0 fully saturated rings. The van der Waals surface area contributed by atoms with Gasteiger partial charge in [-0.25, -0.2) is 0 Å². The molecule has 0 saturated carbocycles. The number of amides is 2. The van der Waals surface area contributed by atoms with Crippen LogP contribution in [0.1, 0.15) is 34.1 Å². The van der Waals surface area contributed by atoms with Crippen molar-refractivity contribution < 1.29 is 9.59 Å². The van der Waals surface area contributed by atoms with E-state index in [4.69, 9.17) is 0 Å². The third-order valence-corrected chi connectivity index (χ3v) is 3.96. The van der Waals surface area contributed by atoms with Gasteiger partial charge in [-0.15, -0.1) is 0 Å². The molecule has 0 unspecified atom stereocenters. The Morgan fingerprint density at radius 3 is 2.54 bits per heavy atom. The molecule has 24 heavy (non-hydrogen) atoms. The first-order valence-corrected chi connectivity index (χ1v) is 7.98. The van der Waals surface area contributed by atoms with Crippen LogP contribution in [0, 0.1) is 13.8 Å². The summed E-state index contributed by atoms with van der Waals surface area (Å²) in [6.45, 7) is 6.81. The Kier molecular flexibility index (Phi) is 6.07. The minimum atomic E-state index is -0.126. The lowest BCUT2D eigenvalue weighted by Crippen LogP contribution is -2.37. The molecular formula is C19H23N3O2. The second kappa shape index (κ2) is 8.24. The van der Waals surface area contributed by atoms with Gasteiger partial charge in [0, 0.05) is 31.8 Å². The molecule has 2 rings (SSSR count). The molecular weight excluding hydrogens is 302 g/mol. The van der Waals surface area contributed by atoms with E-state index in [1.54, 1.807) is 11.1 Å². The number of aryl methyl sites for hydroxylation is 2. The molecule has 0 aliphatic carbocycles. The van der Waals surface area contributed by atoms with E-state index in [0.717, 1.165) is 16.8 Å². The second-order valence-electron chi connectivity index (χ2n) is 5.82. The van der Waals surface area contributed by atoms with Crippen LogP contribution < -0.4 is 5.32 Å². The first kappa shape index (κ1) is 17.7. The fraction of sp³-hybridized carbons (Fsp3) is 0.316. The summed E-state index contributed by atoms with van der Waals surface area (Å²) in [5.74, 6) is -0.166. The Morgan fingerprint density at radius 2 is 1.92 bits per heavy atom. The first-order valence-electron chi connectivity index (χ1n) is 7.98. The molecule has 0 atom stereocenters. The predicted octanol–water partition coefficient (Wildman–Crippen LogP) is 2.48. The maximum atomic E-state index is 12.2. The van der Waals surface area contributed by atoms with Gasteiger partial charge in [-0.05, 0) is 49.2 Å². The van der Waals surface area contributed by atoms with Gasteiger partial charge in [-0.2, -0.15) is 0 Å². The van der Waals surface area contributed by atoms with E-state index < -0.39 is 0 Å². The third kappa shape index (κ3) is 4.91. The van der Waals surface area contributed by atoms with Crippen LogP contribution >= 0.6 is 0 Å². The van der Waals surface area contributed by atoms with Gasteiger partial charge in [-0.3, -0.25) is 14.6 Å². The van der Waals surface area contributed by atoms with Gasteiger partial charge in [0.25, 0.3) is 5.91 Å². The van der Waals surface area contributed by atoms with Crippen LogP contribution in [0.15, 0.2) is 42.6 Å². The largest absolute Gasteiger partial charge is 0.350 e. The average molecular weight is 325 g/mol. The Bertz CT molecular complexity index is 714. The van der Waals surface area contributed by atoms with E-state index in [2.05, 4.69) is 10.3 Å². The summed E-state index contributed by atoms with van der Waals surface area (Å²) in [6, 6.07) is 11.2. The minimum absolute atomic E-state index is 0.0407. The van der Waals surface area contributed by atoms with Gasteiger partial charge in [0.05, 0.1) is 12.2 Å². The van der Waals surface area contributed by atoms with Crippen molar-refractivity contribution in [2.24, 2.45) is 0 Å². The zero-order chi connectivity index (χ0) is 17.5. The minimum Gasteiger partial charge on any atom is -0.350 e. The number of aromatic nitrogens is 1. The van der Waals surface area contributed by atoms with Crippen LogP contribution in [0.4, 0.5) is 0 Å². The lowest BCUT2D eigenvalue weighted by molar-refractivity contribution is -0.129. The van der Waals surface area contributed by atoms with Crippen LogP contribution in [0.5, 0.6) is 0 Å². The summed E-state index contributed by atoms with van der Waals surface area (Å²) in [5, 5.41) is 2.86. The number of hydrogen-bond acceptors (Lipinski definition) is 3. The number of carbonyl (C=O) groups is 2. The number of benzene rings is 1. The van der Waals surface area contributed by atoms with Crippen molar-refractivity contribution in [2.45, 2.75) is 27.3 Å². The topological polar surface area (TPSA) is 62.3 Å². The van der Waals surface area contributed by atoms with Crippen molar-refractivity contribution >= 4 is 11.8 Å². The Labute approximate surface area is 142 Å². The number of hydrogen-bond donors (Lipinski definition) is 1. The van der Waals surface area contributed by atoms with Crippen LogP contribution in [0.25, 0.3) is 0 Å². The molecule has 5 nitrogen and oxygen atoms in total. The van der Waals surface area contributed by atoms with Crippen LogP contribution in [0.3, 0.4) is 0 Å².